The van der Waals surface area contributed by atoms with Crippen LogP contribution in [0.4, 0.5) is 18.0 Å². The average molecular weight is 507 g/mol. The van der Waals surface area contributed by atoms with Crippen molar-refractivity contribution in [3.05, 3.63) is 60.2 Å². The van der Waals surface area contributed by atoms with Crippen molar-refractivity contribution >= 4 is 6.03 Å². The number of allylic oxidation sites excluding steroid dienone is 1. The molecule has 200 valence electrons. The normalized spacial score (nSPS) is 19.9. The van der Waals surface area contributed by atoms with Crippen LogP contribution >= 0.6 is 0 Å². The van der Waals surface area contributed by atoms with Gasteiger partial charge in [0.05, 0.1) is 5.56 Å². The van der Waals surface area contributed by atoms with Crippen molar-refractivity contribution < 1.29 is 18.0 Å². The highest BCUT2D eigenvalue weighted by Crippen LogP contribution is 2.33. The second-order valence-corrected chi connectivity index (χ2v) is 9.89. The molecule has 1 N–H and O–H groups in total. The number of carbonyl (C=O) groups excluding carboxylic acids is 1. The molecule has 36 heavy (non-hydrogen) atoms. The lowest BCUT2D eigenvalue weighted by molar-refractivity contribution is -0.138. The van der Waals surface area contributed by atoms with Crippen LogP contribution in [0.3, 0.4) is 0 Å². The maximum absolute atomic E-state index is 13.4. The van der Waals surface area contributed by atoms with E-state index in [1.54, 1.807) is 18.2 Å². The summed E-state index contributed by atoms with van der Waals surface area (Å²) in [5, 5.41) is 2.95. The molecule has 1 aromatic rings. The Balaban J connectivity index is 1.53. The van der Waals surface area contributed by atoms with Crippen molar-refractivity contribution in [2.75, 3.05) is 32.7 Å². The van der Waals surface area contributed by atoms with Gasteiger partial charge in [0, 0.05) is 44.3 Å². The smallest absolute Gasteiger partial charge is 0.335 e. The zero-order chi connectivity index (χ0) is 26.1. The van der Waals surface area contributed by atoms with Gasteiger partial charge in [0.2, 0.25) is 0 Å². The third kappa shape index (κ3) is 7.59. The van der Waals surface area contributed by atoms with Gasteiger partial charge in [-0.2, -0.15) is 13.2 Å². The van der Waals surface area contributed by atoms with Crippen molar-refractivity contribution in [3.63, 3.8) is 0 Å². The minimum atomic E-state index is -4.32. The fraction of sp³-hybridized carbons (Fsp3) is 0.607. The Kier molecular flexibility index (Phi) is 10.4. The molecule has 2 amide bonds. The van der Waals surface area contributed by atoms with Gasteiger partial charge in [0.1, 0.15) is 0 Å². The molecule has 3 rings (SSSR count). The largest absolute Gasteiger partial charge is 0.416 e. The predicted octanol–water partition coefficient (Wildman–Crippen LogP) is 5.69. The molecule has 0 aromatic heterocycles. The fourth-order valence-electron chi connectivity index (χ4n) is 5.51. The van der Waals surface area contributed by atoms with E-state index in [0.29, 0.717) is 24.7 Å². The molecular formula is C28H41F3N4O. The zero-order valence-corrected chi connectivity index (χ0v) is 21.6. The Morgan fingerprint density at radius 1 is 1.17 bits per heavy atom. The first-order valence-electron chi connectivity index (χ1n) is 13.2. The number of nitrogens with zero attached hydrogens (tertiary/aromatic N) is 3. The number of urea groups is 1. The molecular weight excluding hydrogens is 465 g/mol. The van der Waals surface area contributed by atoms with Crippen LogP contribution in [0.2, 0.25) is 0 Å². The maximum atomic E-state index is 13.4. The second kappa shape index (κ2) is 13.3. The molecule has 2 saturated heterocycles. The van der Waals surface area contributed by atoms with E-state index in [9.17, 15) is 18.0 Å². The van der Waals surface area contributed by atoms with E-state index in [1.165, 1.54) is 12.1 Å². The Bertz CT molecular complexity index is 872. The SMILES string of the molecule is C=CCNC(=O)N(C(C)/C=C\CC)C1CCN(C2CCN(Cc3ccccc3C(F)(F)F)CC2)CC1. The van der Waals surface area contributed by atoms with Crippen molar-refractivity contribution in [2.45, 2.75) is 76.8 Å². The van der Waals surface area contributed by atoms with Crippen molar-refractivity contribution in [1.29, 1.82) is 0 Å². The van der Waals surface area contributed by atoms with Crippen LogP contribution < -0.4 is 5.32 Å². The van der Waals surface area contributed by atoms with Crippen LogP contribution in [0.25, 0.3) is 0 Å². The number of nitrogens with one attached hydrogen (secondary N) is 1. The Morgan fingerprint density at radius 3 is 2.44 bits per heavy atom. The number of hydrogen-bond acceptors (Lipinski definition) is 3. The molecule has 0 radical (unpaired) electrons. The first-order valence-corrected chi connectivity index (χ1v) is 13.2. The maximum Gasteiger partial charge on any atom is 0.416 e. The number of benzene rings is 1. The molecule has 5 nitrogen and oxygen atoms in total. The number of rotatable bonds is 9. The minimum absolute atomic E-state index is 0.0223. The van der Waals surface area contributed by atoms with Crippen LogP contribution in [0.5, 0.6) is 0 Å². The fourth-order valence-corrected chi connectivity index (χ4v) is 5.51. The molecule has 2 fully saturated rings. The quantitative estimate of drug-likeness (QED) is 0.438. The highest BCUT2D eigenvalue weighted by Gasteiger charge is 2.35. The van der Waals surface area contributed by atoms with Gasteiger partial charge >= 0.3 is 12.2 Å². The Hall–Kier alpha value is -2.32. The average Bonchev–Trinajstić information content (AvgIpc) is 2.87. The number of alkyl halides is 3. The highest BCUT2D eigenvalue weighted by atomic mass is 19.4. The predicted molar refractivity (Wildman–Crippen MR) is 139 cm³/mol. The lowest BCUT2D eigenvalue weighted by atomic mass is 9.96. The molecule has 2 heterocycles. The van der Waals surface area contributed by atoms with E-state index in [0.717, 1.165) is 58.3 Å². The third-order valence-corrected chi connectivity index (χ3v) is 7.40. The van der Waals surface area contributed by atoms with Crippen LogP contribution in [-0.2, 0) is 12.7 Å². The first-order chi connectivity index (χ1) is 17.2. The summed E-state index contributed by atoms with van der Waals surface area (Å²) in [4.78, 5) is 19.5. The summed E-state index contributed by atoms with van der Waals surface area (Å²) < 4.78 is 40.1. The Morgan fingerprint density at radius 2 is 1.83 bits per heavy atom. The highest BCUT2D eigenvalue weighted by molar-refractivity contribution is 5.75. The van der Waals surface area contributed by atoms with E-state index < -0.39 is 11.7 Å². The van der Waals surface area contributed by atoms with Gasteiger partial charge in [0.15, 0.2) is 0 Å². The molecule has 1 atom stereocenters. The molecule has 1 unspecified atom stereocenters. The molecule has 0 bridgehead atoms. The number of hydrogen-bond donors (Lipinski definition) is 1. The van der Waals surface area contributed by atoms with E-state index in [-0.39, 0.29) is 18.1 Å². The summed E-state index contributed by atoms with van der Waals surface area (Å²) in [6, 6.07) is 6.50. The standard InChI is InChI=1S/C28H41F3N4O/c1-4-6-9-22(3)35(27(36)32-16-5-2)25-14-19-34(20-15-25)24-12-17-33(18-13-24)21-23-10-7-8-11-26(23)28(29,30)31/h5-11,22,24-25H,2,4,12-21H2,1,3H3,(H,32,36)/b9-6-. The van der Waals surface area contributed by atoms with Crippen LogP contribution in [0.15, 0.2) is 49.1 Å². The van der Waals surface area contributed by atoms with Crippen molar-refractivity contribution in [2.24, 2.45) is 0 Å². The number of piperidine rings is 2. The summed E-state index contributed by atoms with van der Waals surface area (Å²) >= 11 is 0. The van der Waals surface area contributed by atoms with Crippen LogP contribution in [0.1, 0.15) is 57.1 Å². The van der Waals surface area contributed by atoms with Gasteiger partial charge in [-0.15, -0.1) is 6.58 Å². The molecule has 0 spiro atoms. The van der Waals surface area contributed by atoms with Gasteiger partial charge in [-0.25, -0.2) is 4.79 Å². The van der Waals surface area contributed by atoms with Gasteiger partial charge in [-0.1, -0.05) is 43.4 Å². The summed E-state index contributed by atoms with van der Waals surface area (Å²) in [6.07, 6.45) is 6.28. The first kappa shape index (κ1) is 28.3. The molecule has 2 aliphatic rings. The van der Waals surface area contributed by atoms with Crippen LogP contribution in [-0.4, -0.2) is 71.6 Å². The van der Waals surface area contributed by atoms with E-state index >= 15 is 0 Å². The number of likely N-dealkylation sites (tertiary alicyclic amines) is 2. The van der Waals surface area contributed by atoms with Crippen molar-refractivity contribution in [1.82, 2.24) is 20.0 Å². The van der Waals surface area contributed by atoms with Gasteiger partial charge < -0.3 is 15.1 Å². The van der Waals surface area contributed by atoms with Gasteiger partial charge in [0.25, 0.3) is 0 Å². The molecule has 1 aromatic carbocycles. The number of amides is 2. The summed E-state index contributed by atoms with van der Waals surface area (Å²) in [5.41, 5.74) is -0.177. The molecule has 2 aliphatic heterocycles. The molecule has 8 heteroatoms. The lowest BCUT2D eigenvalue weighted by Gasteiger charge is -2.45. The van der Waals surface area contributed by atoms with Gasteiger partial charge in [-0.05, 0) is 63.7 Å². The zero-order valence-electron chi connectivity index (χ0n) is 21.6. The van der Waals surface area contributed by atoms with Gasteiger partial charge in [-0.3, -0.25) is 4.90 Å². The van der Waals surface area contributed by atoms with Crippen molar-refractivity contribution in [3.8, 4) is 0 Å². The summed E-state index contributed by atoms with van der Waals surface area (Å²) in [6.45, 7) is 12.1. The molecule has 0 saturated carbocycles. The van der Waals surface area contributed by atoms with E-state index in [2.05, 4.69) is 47.7 Å². The number of carbonyl (C=O) groups is 1. The lowest BCUT2D eigenvalue weighted by Crippen LogP contribution is -2.55. The summed E-state index contributed by atoms with van der Waals surface area (Å²) in [7, 11) is 0. The monoisotopic (exact) mass is 506 g/mol. The Labute approximate surface area is 214 Å². The summed E-state index contributed by atoms with van der Waals surface area (Å²) in [5.74, 6) is 0. The molecule has 0 aliphatic carbocycles. The van der Waals surface area contributed by atoms with E-state index in [1.807, 2.05) is 4.90 Å². The minimum Gasteiger partial charge on any atom is -0.335 e. The third-order valence-electron chi connectivity index (χ3n) is 7.40. The van der Waals surface area contributed by atoms with E-state index in [4.69, 9.17) is 0 Å². The topological polar surface area (TPSA) is 38.8 Å². The second-order valence-electron chi connectivity index (χ2n) is 9.89. The van der Waals surface area contributed by atoms with Crippen LogP contribution in [0, 0.1) is 0 Å². The number of halogens is 3.